The van der Waals surface area contributed by atoms with E-state index < -0.39 is 0 Å². The van der Waals surface area contributed by atoms with Crippen LogP contribution in [0.1, 0.15) is 0 Å². The van der Waals surface area contributed by atoms with E-state index in [1.807, 2.05) is 30.3 Å². The minimum absolute atomic E-state index is 0.640. The highest BCUT2D eigenvalue weighted by Crippen LogP contribution is 2.51. The van der Waals surface area contributed by atoms with Crippen LogP contribution < -0.4 is 39.0 Å². The second-order valence-electron chi connectivity index (χ2n) is 25.1. The summed E-state index contributed by atoms with van der Waals surface area (Å²) in [6.07, 6.45) is 0. The van der Waals surface area contributed by atoms with Crippen molar-refractivity contribution in [2.75, 3.05) is 34.3 Å². The molecule has 0 aliphatic carbocycles. The van der Waals surface area contributed by atoms with E-state index in [2.05, 4.69) is 447 Å². The van der Waals surface area contributed by atoms with Gasteiger partial charge in [0, 0.05) is 86.1 Å². The molecule has 0 atom stereocenters. The second-order valence-corrected chi connectivity index (χ2v) is 25.1. The Morgan fingerprint density at radius 3 is 0.433 bits per heavy atom. The van der Waals surface area contributed by atoms with Gasteiger partial charge in [0.05, 0.1) is 45.5 Å². The largest absolute Gasteiger partial charge is 0.457 e. The van der Waals surface area contributed by atoms with E-state index in [1.54, 1.807) is 0 Å². The smallest absolute Gasteiger partial charge is 0.131 e. The summed E-state index contributed by atoms with van der Waals surface area (Å²) in [5.41, 5.74) is 20.3. The fourth-order valence-corrected chi connectivity index (χ4v) is 13.7. The van der Waals surface area contributed by atoms with Gasteiger partial charge in [-0.3, -0.25) is 0 Å². The first-order valence-electron chi connectivity index (χ1n) is 35.0. The fraction of sp³-hybridized carbons (Fsp3) is 0. The number of nitrogens with zero attached hydrogens (tertiary/aromatic N) is 7. The number of rotatable bonds is 23. The molecule has 16 rings (SSSR count). The van der Waals surface area contributed by atoms with Crippen molar-refractivity contribution in [1.82, 2.24) is 0 Å². The summed E-state index contributed by atoms with van der Waals surface area (Å²) in [6.45, 7) is 0. The molecular weight excluding hydrogens is 1270 g/mol. The lowest BCUT2D eigenvalue weighted by molar-refractivity contribution is 0.483. The maximum absolute atomic E-state index is 7.14. The molecule has 0 amide bonds. The quantitative estimate of drug-likeness (QED) is 0.0626. The van der Waals surface area contributed by atoms with Crippen LogP contribution in [0.5, 0.6) is 11.5 Å². The lowest BCUT2D eigenvalue weighted by Crippen LogP contribution is -2.17. The van der Waals surface area contributed by atoms with Crippen molar-refractivity contribution >= 4 is 119 Å². The van der Waals surface area contributed by atoms with E-state index in [4.69, 9.17) is 4.74 Å². The molecule has 0 N–H and O–H groups in total. The molecule has 0 saturated carbocycles. The van der Waals surface area contributed by atoms with Crippen molar-refractivity contribution in [2.45, 2.75) is 0 Å². The van der Waals surface area contributed by atoms with Crippen LogP contribution in [0.4, 0.5) is 119 Å². The van der Waals surface area contributed by atoms with E-state index in [0.717, 1.165) is 119 Å². The maximum Gasteiger partial charge on any atom is 0.131 e. The predicted octanol–water partition coefficient (Wildman–Crippen LogP) is 27.8. The molecule has 16 aromatic rings. The minimum Gasteiger partial charge on any atom is -0.457 e. The van der Waals surface area contributed by atoms with Crippen molar-refractivity contribution in [2.24, 2.45) is 0 Å². The average Bonchev–Trinajstić information content (AvgIpc) is 0.765. The molecule has 0 bridgehead atoms. The van der Waals surface area contributed by atoms with E-state index in [-0.39, 0.29) is 0 Å². The van der Waals surface area contributed by atoms with Crippen LogP contribution in [0.25, 0.3) is 0 Å². The normalized spacial score (nSPS) is 10.9. The summed E-state index contributed by atoms with van der Waals surface area (Å²) in [5.74, 6) is 1.35. The van der Waals surface area contributed by atoms with E-state index in [1.165, 1.54) is 0 Å². The summed E-state index contributed by atoms with van der Waals surface area (Å²) >= 11 is 0. The van der Waals surface area contributed by atoms with Crippen molar-refractivity contribution in [1.29, 1.82) is 0 Å². The van der Waals surface area contributed by atoms with E-state index in [9.17, 15) is 0 Å². The zero-order valence-corrected chi connectivity index (χ0v) is 57.2. The molecule has 498 valence electrons. The van der Waals surface area contributed by atoms with Crippen molar-refractivity contribution < 1.29 is 4.74 Å². The Morgan fingerprint density at radius 2 is 0.240 bits per heavy atom. The molecule has 0 aliphatic heterocycles. The van der Waals surface area contributed by atoms with Gasteiger partial charge in [0.15, 0.2) is 0 Å². The number of hydrogen-bond donors (Lipinski definition) is 0. The molecule has 0 fully saturated rings. The highest BCUT2D eigenvalue weighted by molar-refractivity contribution is 5.94. The molecular formula is C96H73N7O. The maximum atomic E-state index is 7.14. The number of hydrogen-bond acceptors (Lipinski definition) is 8. The average molecular weight is 1340 g/mol. The Hall–Kier alpha value is -14.1. The minimum atomic E-state index is 0.640. The molecule has 104 heavy (non-hydrogen) atoms. The Balaban J connectivity index is 0.921. The van der Waals surface area contributed by atoms with Gasteiger partial charge in [0.25, 0.3) is 0 Å². The molecule has 0 heterocycles. The van der Waals surface area contributed by atoms with Gasteiger partial charge in [0.2, 0.25) is 0 Å². The van der Waals surface area contributed by atoms with Gasteiger partial charge in [-0.1, -0.05) is 224 Å². The summed E-state index contributed by atoms with van der Waals surface area (Å²) in [7, 11) is 0. The fourth-order valence-electron chi connectivity index (χ4n) is 13.7. The van der Waals surface area contributed by atoms with Crippen molar-refractivity contribution in [3.8, 4) is 11.5 Å². The summed E-state index contributed by atoms with van der Waals surface area (Å²) in [6, 6.07) is 157. The molecule has 8 heteroatoms. The Morgan fingerprint density at radius 1 is 0.106 bits per heavy atom. The van der Waals surface area contributed by atoms with Crippen molar-refractivity contribution in [3.05, 3.63) is 443 Å². The molecule has 0 radical (unpaired) electrons. The topological polar surface area (TPSA) is 31.9 Å². The van der Waals surface area contributed by atoms with Gasteiger partial charge >= 0.3 is 0 Å². The van der Waals surface area contributed by atoms with E-state index >= 15 is 0 Å². The number of para-hydroxylation sites is 12. The Bertz CT molecular complexity index is 5050. The zero-order chi connectivity index (χ0) is 69.6. The highest BCUT2D eigenvalue weighted by atomic mass is 16.5. The number of ether oxygens (including phenoxy) is 1. The number of benzene rings is 16. The summed E-state index contributed by atoms with van der Waals surface area (Å²) in [5, 5.41) is 0. The standard InChI is InChI=1S/C96H73N7O/c1-13-38-74(39-14-1)97(75-40-15-2-16-41-75)87-65-88(98(76-42-17-3-18-43-76)77-44-19-4-20-45-77)68-91(67-87)101(82-54-29-9-30-55-82)85-60-37-61-86(64-85)102(83-56-31-10-32-57-83)93-71-94(73-96(72-93)104-95-62-35-12-36-63-95)103(84-58-33-11-34-59-84)92-69-89(99(78-46-21-5-22-47-78)79-48-23-6-24-49-79)66-90(70-92)100(80-50-25-7-26-51-80)81-52-27-8-28-53-81/h1-73H. The van der Waals surface area contributed by atoms with Gasteiger partial charge < -0.3 is 39.0 Å². The first-order chi connectivity index (χ1) is 51.6. The monoisotopic (exact) mass is 1340 g/mol. The van der Waals surface area contributed by atoms with Crippen molar-refractivity contribution in [3.63, 3.8) is 0 Å². The van der Waals surface area contributed by atoms with Gasteiger partial charge in [-0.15, -0.1) is 0 Å². The van der Waals surface area contributed by atoms with Gasteiger partial charge in [-0.05, 0) is 206 Å². The van der Waals surface area contributed by atoms with Crippen LogP contribution in [0, 0.1) is 0 Å². The molecule has 8 nitrogen and oxygen atoms in total. The van der Waals surface area contributed by atoms with Crippen LogP contribution in [0.15, 0.2) is 443 Å². The summed E-state index contributed by atoms with van der Waals surface area (Å²) in [4.78, 5) is 16.5. The van der Waals surface area contributed by atoms with Crippen LogP contribution in [0.3, 0.4) is 0 Å². The Kier molecular flexibility index (Phi) is 19.0. The first-order valence-corrected chi connectivity index (χ1v) is 35.0. The third kappa shape index (κ3) is 14.2. The third-order valence-electron chi connectivity index (χ3n) is 18.2. The van der Waals surface area contributed by atoms with Gasteiger partial charge in [-0.25, -0.2) is 0 Å². The van der Waals surface area contributed by atoms with Gasteiger partial charge in [-0.2, -0.15) is 0 Å². The second kappa shape index (κ2) is 30.6. The molecule has 0 aromatic heterocycles. The van der Waals surface area contributed by atoms with Crippen LogP contribution in [0.2, 0.25) is 0 Å². The van der Waals surface area contributed by atoms with Crippen LogP contribution in [-0.2, 0) is 0 Å². The molecule has 0 spiro atoms. The van der Waals surface area contributed by atoms with E-state index in [0.29, 0.717) is 11.5 Å². The molecule has 0 aliphatic rings. The molecule has 0 unspecified atom stereocenters. The zero-order valence-electron chi connectivity index (χ0n) is 57.2. The van der Waals surface area contributed by atoms with Crippen LogP contribution >= 0.6 is 0 Å². The first kappa shape index (κ1) is 64.6. The lowest BCUT2D eigenvalue weighted by Gasteiger charge is -2.34. The predicted molar refractivity (Wildman–Crippen MR) is 436 cm³/mol. The number of anilines is 21. The van der Waals surface area contributed by atoms with Gasteiger partial charge in [0.1, 0.15) is 11.5 Å². The van der Waals surface area contributed by atoms with Crippen LogP contribution in [-0.4, -0.2) is 0 Å². The highest BCUT2D eigenvalue weighted by Gasteiger charge is 2.27. The lowest BCUT2D eigenvalue weighted by atomic mass is 10.1. The molecule has 16 aromatic carbocycles. The molecule has 0 saturated heterocycles. The SMILES string of the molecule is c1ccc(Oc2cc(N(c3ccccc3)c3cccc(N(c4ccccc4)c4cc(N(c5ccccc5)c5ccccc5)cc(N(c5ccccc5)c5ccccc5)c4)c3)cc(N(c3ccccc3)c3cc(N(c4ccccc4)c4ccccc4)cc(N(c4ccccc4)c4ccccc4)c3)c2)cc1. The third-order valence-corrected chi connectivity index (χ3v) is 18.2. The summed E-state index contributed by atoms with van der Waals surface area (Å²) < 4.78 is 7.14. The Labute approximate surface area is 609 Å².